The Bertz CT molecular complexity index is 637. The molecule has 1 atom stereocenters. The molecule has 0 saturated heterocycles. The van der Waals surface area contributed by atoms with E-state index in [1.807, 2.05) is 30.3 Å². The van der Waals surface area contributed by atoms with Crippen molar-refractivity contribution in [1.82, 2.24) is 5.43 Å². The molecule has 112 valence electrons. The monoisotopic (exact) mass is 388 g/mol. The molecule has 0 aliphatic carbocycles. The van der Waals surface area contributed by atoms with Gasteiger partial charge in [-0.25, -0.2) is 0 Å². The molecule has 0 spiro atoms. The quantitative estimate of drug-likeness (QED) is 0.584. The smallest absolute Gasteiger partial charge is 0.133 e. The number of nitrogens with two attached hydrogens (primary N) is 1. The predicted molar refractivity (Wildman–Crippen MR) is 90.9 cm³/mol. The van der Waals surface area contributed by atoms with Crippen LogP contribution in [-0.2, 0) is 6.42 Å². The Morgan fingerprint density at radius 1 is 1.24 bits per heavy atom. The first-order chi connectivity index (χ1) is 10.0. The minimum atomic E-state index is -0.0640. The summed E-state index contributed by atoms with van der Waals surface area (Å²) in [6, 6.07) is 11.2. The minimum Gasteiger partial charge on any atom is -0.496 e. The largest absolute Gasteiger partial charge is 0.496 e. The van der Waals surface area contributed by atoms with E-state index in [9.17, 15) is 0 Å². The third-order valence-corrected chi connectivity index (χ3v) is 4.43. The van der Waals surface area contributed by atoms with E-state index in [4.69, 9.17) is 33.8 Å². The standard InChI is InChI=1S/C15H15BrCl2N2O/c1-21-15-5-3-10(6-12(15)16)14(20-19)7-9-2-4-11(17)8-13(9)18/h2-6,8,14,20H,7,19H2,1H3. The number of benzene rings is 2. The Balaban J connectivity index is 2.25. The zero-order chi connectivity index (χ0) is 15.4. The molecule has 6 heteroatoms. The first-order valence-electron chi connectivity index (χ1n) is 6.28. The number of rotatable bonds is 5. The van der Waals surface area contributed by atoms with E-state index in [1.54, 1.807) is 13.2 Å². The van der Waals surface area contributed by atoms with E-state index in [2.05, 4.69) is 21.4 Å². The van der Waals surface area contributed by atoms with Crippen LogP contribution < -0.4 is 16.0 Å². The number of methoxy groups -OCH3 is 1. The highest BCUT2D eigenvalue weighted by Gasteiger charge is 2.14. The van der Waals surface area contributed by atoms with Gasteiger partial charge in [0, 0.05) is 10.0 Å². The van der Waals surface area contributed by atoms with Gasteiger partial charge >= 0.3 is 0 Å². The molecule has 2 aromatic carbocycles. The number of hydrogen-bond donors (Lipinski definition) is 2. The van der Waals surface area contributed by atoms with Crippen molar-refractivity contribution in [3.05, 3.63) is 62.0 Å². The molecule has 0 aliphatic heterocycles. The molecule has 21 heavy (non-hydrogen) atoms. The van der Waals surface area contributed by atoms with Gasteiger partial charge in [0.15, 0.2) is 0 Å². The number of ether oxygens (including phenoxy) is 1. The maximum absolute atomic E-state index is 6.21. The van der Waals surface area contributed by atoms with Crippen LogP contribution in [0, 0.1) is 0 Å². The second-order valence-electron chi connectivity index (χ2n) is 4.55. The van der Waals surface area contributed by atoms with Crippen molar-refractivity contribution in [2.75, 3.05) is 7.11 Å². The fraction of sp³-hybridized carbons (Fsp3) is 0.200. The second-order valence-corrected chi connectivity index (χ2v) is 6.25. The molecule has 3 N–H and O–H groups in total. The molecule has 0 aliphatic rings. The van der Waals surface area contributed by atoms with Crippen LogP contribution in [0.1, 0.15) is 17.2 Å². The summed E-state index contributed by atoms with van der Waals surface area (Å²) >= 11 is 15.6. The highest BCUT2D eigenvalue weighted by atomic mass is 79.9. The molecular weight excluding hydrogens is 375 g/mol. The SMILES string of the molecule is COc1ccc(C(Cc2ccc(Cl)cc2Cl)NN)cc1Br. The molecule has 0 radical (unpaired) electrons. The second kappa shape index (κ2) is 7.47. The molecule has 3 nitrogen and oxygen atoms in total. The fourth-order valence-electron chi connectivity index (χ4n) is 2.08. The lowest BCUT2D eigenvalue weighted by Crippen LogP contribution is -2.29. The van der Waals surface area contributed by atoms with E-state index in [0.29, 0.717) is 16.5 Å². The molecule has 0 amide bonds. The summed E-state index contributed by atoms with van der Waals surface area (Å²) in [6.45, 7) is 0. The van der Waals surface area contributed by atoms with Gasteiger partial charge in [-0.1, -0.05) is 35.3 Å². The Morgan fingerprint density at radius 3 is 2.57 bits per heavy atom. The van der Waals surface area contributed by atoms with Crippen molar-refractivity contribution in [3.8, 4) is 5.75 Å². The van der Waals surface area contributed by atoms with Crippen LogP contribution in [0.15, 0.2) is 40.9 Å². The fourth-order valence-corrected chi connectivity index (χ4v) is 3.12. The summed E-state index contributed by atoms with van der Waals surface area (Å²) in [5.41, 5.74) is 4.84. The van der Waals surface area contributed by atoms with Gasteiger partial charge in [0.1, 0.15) is 5.75 Å². The van der Waals surface area contributed by atoms with Crippen molar-refractivity contribution in [1.29, 1.82) is 0 Å². The van der Waals surface area contributed by atoms with Gasteiger partial charge in [-0.2, -0.15) is 0 Å². The van der Waals surface area contributed by atoms with E-state index >= 15 is 0 Å². The molecule has 0 saturated carbocycles. The van der Waals surface area contributed by atoms with Crippen molar-refractivity contribution < 1.29 is 4.74 Å². The lowest BCUT2D eigenvalue weighted by Gasteiger charge is -2.18. The van der Waals surface area contributed by atoms with Crippen LogP contribution in [0.3, 0.4) is 0 Å². The Labute approximate surface area is 142 Å². The Hall–Kier alpha value is -0.780. The topological polar surface area (TPSA) is 47.3 Å². The molecular formula is C15H15BrCl2N2O. The average molecular weight is 390 g/mol. The third-order valence-electron chi connectivity index (χ3n) is 3.22. The van der Waals surface area contributed by atoms with Gasteiger partial charge in [0.25, 0.3) is 0 Å². The van der Waals surface area contributed by atoms with Crippen LogP contribution in [0.4, 0.5) is 0 Å². The Kier molecular flexibility index (Phi) is 5.90. The lowest BCUT2D eigenvalue weighted by molar-refractivity contribution is 0.411. The van der Waals surface area contributed by atoms with Gasteiger partial charge in [-0.3, -0.25) is 11.3 Å². The van der Waals surface area contributed by atoms with Crippen LogP contribution in [-0.4, -0.2) is 7.11 Å². The normalized spacial score (nSPS) is 12.2. The zero-order valence-electron chi connectivity index (χ0n) is 11.4. The van der Waals surface area contributed by atoms with E-state index in [-0.39, 0.29) is 6.04 Å². The van der Waals surface area contributed by atoms with Crippen molar-refractivity contribution >= 4 is 39.1 Å². The summed E-state index contributed by atoms with van der Waals surface area (Å²) in [5.74, 6) is 6.46. The van der Waals surface area contributed by atoms with Gasteiger partial charge in [-0.05, 0) is 57.7 Å². The summed E-state index contributed by atoms with van der Waals surface area (Å²) < 4.78 is 6.11. The summed E-state index contributed by atoms with van der Waals surface area (Å²) in [7, 11) is 1.63. The lowest BCUT2D eigenvalue weighted by atomic mass is 9.99. The van der Waals surface area contributed by atoms with Crippen LogP contribution in [0.25, 0.3) is 0 Å². The van der Waals surface area contributed by atoms with E-state index < -0.39 is 0 Å². The Morgan fingerprint density at radius 2 is 2.00 bits per heavy atom. The van der Waals surface area contributed by atoms with E-state index in [1.165, 1.54) is 0 Å². The van der Waals surface area contributed by atoms with Gasteiger partial charge < -0.3 is 4.74 Å². The van der Waals surface area contributed by atoms with E-state index in [0.717, 1.165) is 21.3 Å². The molecule has 0 bridgehead atoms. The highest BCUT2D eigenvalue weighted by Crippen LogP contribution is 2.30. The maximum Gasteiger partial charge on any atom is 0.133 e. The van der Waals surface area contributed by atoms with Crippen LogP contribution >= 0.6 is 39.1 Å². The minimum absolute atomic E-state index is 0.0640. The van der Waals surface area contributed by atoms with Gasteiger partial charge in [-0.15, -0.1) is 0 Å². The maximum atomic E-state index is 6.21. The average Bonchev–Trinajstić information content (AvgIpc) is 2.46. The van der Waals surface area contributed by atoms with Crippen LogP contribution in [0.2, 0.25) is 10.0 Å². The summed E-state index contributed by atoms with van der Waals surface area (Å²) in [4.78, 5) is 0. The highest BCUT2D eigenvalue weighted by molar-refractivity contribution is 9.10. The molecule has 2 aromatic rings. The molecule has 0 fully saturated rings. The number of hydrazine groups is 1. The number of halogens is 3. The van der Waals surface area contributed by atoms with Crippen LogP contribution in [0.5, 0.6) is 5.75 Å². The first-order valence-corrected chi connectivity index (χ1v) is 7.83. The molecule has 0 heterocycles. The zero-order valence-corrected chi connectivity index (χ0v) is 14.5. The van der Waals surface area contributed by atoms with Gasteiger partial charge in [0.2, 0.25) is 0 Å². The molecule has 0 aromatic heterocycles. The number of hydrogen-bond acceptors (Lipinski definition) is 3. The van der Waals surface area contributed by atoms with Gasteiger partial charge in [0.05, 0.1) is 17.6 Å². The molecule has 2 rings (SSSR count). The van der Waals surface area contributed by atoms with Crippen molar-refractivity contribution in [3.63, 3.8) is 0 Å². The van der Waals surface area contributed by atoms with Crippen molar-refractivity contribution in [2.45, 2.75) is 12.5 Å². The first kappa shape index (κ1) is 16.6. The predicted octanol–water partition coefficient (Wildman–Crippen LogP) is 4.51. The third kappa shape index (κ3) is 4.11. The summed E-state index contributed by atoms with van der Waals surface area (Å²) in [5, 5.41) is 1.25. The summed E-state index contributed by atoms with van der Waals surface area (Å²) in [6.07, 6.45) is 0.658. The van der Waals surface area contributed by atoms with Crippen molar-refractivity contribution in [2.24, 2.45) is 5.84 Å². The number of nitrogens with one attached hydrogen (secondary N) is 1. The molecule has 1 unspecified atom stereocenters.